The first kappa shape index (κ1) is 21.7. The highest BCUT2D eigenvalue weighted by Gasteiger charge is 2.35. The summed E-state index contributed by atoms with van der Waals surface area (Å²) < 4.78 is 14.3. The van der Waals surface area contributed by atoms with Gasteiger partial charge in [0.15, 0.2) is 5.82 Å². The van der Waals surface area contributed by atoms with Crippen LogP contribution < -0.4 is 5.32 Å². The quantitative estimate of drug-likeness (QED) is 0.358. The minimum atomic E-state index is -0.917. The number of aliphatic hydroxyl groups is 1. The summed E-state index contributed by atoms with van der Waals surface area (Å²) in [5.41, 5.74) is 2.83. The van der Waals surface area contributed by atoms with Gasteiger partial charge in [0.2, 0.25) is 0 Å². The summed E-state index contributed by atoms with van der Waals surface area (Å²) in [6, 6.07) is 12.2. The molecule has 33 heavy (non-hydrogen) atoms. The van der Waals surface area contributed by atoms with Gasteiger partial charge in [-0.2, -0.15) is 0 Å². The van der Waals surface area contributed by atoms with Crippen molar-refractivity contribution < 1.29 is 9.50 Å². The van der Waals surface area contributed by atoms with Gasteiger partial charge in [-0.1, -0.05) is 35.9 Å². The molecular formula is C26H24ClFN4O. The van der Waals surface area contributed by atoms with Crippen molar-refractivity contribution in [3.63, 3.8) is 0 Å². The molecule has 1 fully saturated rings. The molecule has 1 unspecified atom stereocenters. The maximum absolute atomic E-state index is 14.3. The topological polar surface area (TPSA) is 70.9 Å². The van der Waals surface area contributed by atoms with E-state index >= 15 is 0 Å². The summed E-state index contributed by atoms with van der Waals surface area (Å²) in [7, 11) is 0. The average Bonchev–Trinajstić information content (AvgIpc) is 3.28. The number of nitrogens with zero attached hydrogens (tertiary/aromatic N) is 3. The highest BCUT2D eigenvalue weighted by atomic mass is 35.5. The van der Waals surface area contributed by atoms with Crippen molar-refractivity contribution in [2.24, 2.45) is 0 Å². The van der Waals surface area contributed by atoms with Crippen LogP contribution in [0.25, 0.3) is 22.0 Å². The first-order valence-electron chi connectivity index (χ1n) is 11.1. The molecule has 0 bridgehead atoms. The molecule has 0 radical (unpaired) electrons. The predicted molar refractivity (Wildman–Crippen MR) is 129 cm³/mol. The van der Waals surface area contributed by atoms with Gasteiger partial charge in [0, 0.05) is 35.1 Å². The lowest BCUT2D eigenvalue weighted by Crippen LogP contribution is -2.24. The Labute approximate surface area is 196 Å². The number of hydrogen-bond donors (Lipinski definition) is 2. The molecular weight excluding hydrogens is 439 g/mol. The zero-order valence-electron chi connectivity index (χ0n) is 18.2. The number of fused-ring (bicyclic) bond motifs is 1. The summed E-state index contributed by atoms with van der Waals surface area (Å²) >= 11 is 6.51. The Hall–Kier alpha value is -3.09. The summed E-state index contributed by atoms with van der Waals surface area (Å²) in [6.45, 7) is 1.89. The van der Waals surface area contributed by atoms with E-state index in [1.807, 2.05) is 31.2 Å². The molecule has 2 aromatic heterocycles. The van der Waals surface area contributed by atoms with E-state index in [0.717, 1.165) is 34.9 Å². The van der Waals surface area contributed by atoms with Gasteiger partial charge in [-0.15, -0.1) is 0 Å². The molecule has 1 aliphatic rings. The molecule has 0 saturated heterocycles. The van der Waals surface area contributed by atoms with Gasteiger partial charge in [-0.25, -0.2) is 14.4 Å². The molecule has 2 aromatic carbocycles. The largest absolute Gasteiger partial charge is 0.382 e. The van der Waals surface area contributed by atoms with E-state index in [1.165, 1.54) is 6.07 Å². The van der Waals surface area contributed by atoms with Crippen molar-refractivity contribution in [2.45, 2.75) is 44.2 Å². The Balaban J connectivity index is 1.50. The fourth-order valence-corrected chi connectivity index (χ4v) is 4.72. The number of halogens is 2. The molecule has 1 atom stereocenters. The van der Waals surface area contributed by atoms with Crippen molar-refractivity contribution in [1.29, 1.82) is 0 Å². The third-order valence-electron chi connectivity index (χ3n) is 6.39. The highest BCUT2D eigenvalue weighted by molar-refractivity contribution is 6.34. The van der Waals surface area contributed by atoms with E-state index in [1.54, 1.807) is 30.7 Å². The molecule has 4 aromatic rings. The molecule has 7 heteroatoms. The highest BCUT2D eigenvalue weighted by Crippen LogP contribution is 2.38. The van der Waals surface area contributed by atoms with Crippen molar-refractivity contribution in [1.82, 2.24) is 15.0 Å². The zero-order valence-corrected chi connectivity index (χ0v) is 19.0. The lowest BCUT2D eigenvalue weighted by Gasteiger charge is -2.20. The predicted octanol–water partition coefficient (Wildman–Crippen LogP) is 6.42. The number of hydrogen-bond acceptors (Lipinski definition) is 5. The number of pyridine rings is 1. The van der Waals surface area contributed by atoms with Gasteiger partial charge in [0.05, 0.1) is 22.3 Å². The zero-order chi connectivity index (χ0) is 23.0. The van der Waals surface area contributed by atoms with Crippen LogP contribution in [0, 0.1) is 5.82 Å². The van der Waals surface area contributed by atoms with E-state index in [0.29, 0.717) is 34.9 Å². The molecule has 5 rings (SSSR count). The number of rotatable bonds is 5. The Bertz CT molecular complexity index is 1310. The monoisotopic (exact) mass is 462 g/mol. The van der Waals surface area contributed by atoms with Crippen LogP contribution in [0.15, 0.2) is 61.1 Å². The van der Waals surface area contributed by atoms with E-state index in [4.69, 9.17) is 11.6 Å². The summed E-state index contributed by atoms with van der Waals surface area (Å²) in [4.78, 5) is 13.4. The SMILES string of the molecule is CC(Nc1c(Cl)cnc2ccc(-c3cnc(C4(O)CCCC4)nc3)cc12)c1ccccc1F. The molecule has 2 heterocycles. The van der Waals surface area contributed by atoms with E-state index in [-0.39, 0.29) is 11.9 Å². The second-order valence-electron chi connectivity index (χ2n) is 8.63. The third-order valence-corrected chi connectivity index (χ3v) is 6.67. The summed E-state index contributed by atoms with van der Waals surface area (Å²) in [6.07, 6.45) is 8.45. The Kier molecular flexibility index (Phi) is 5.72. The first-order valence-corrected chi connectivity index (χ1v) is 11.5. The van der Waals surface area contributed by atoms with Crippen LogP contribution in [0.5, 0.6) is 0 Å². The van der Waals surface area contributed by atoms with Crippen LogP contribution in [-0.2, 0) is 5.60 Å². The Morgan fingerprint density at radius 1 is 1.00 bits per heavy atom. The fourth-order valence-electron chi connectivity index (χ4n) is 4.52. The van der Waals surface area contributed by atoms with Gasteiger partial charge >= 0.3 is 0 Å². The van der Waals surface area contributed by atoms with Crippen LogP contribution in [0.4, 0.5) is 10.1 Å². The van der Waals surface area contributed by atoms with Gasteiger partial charge in [-0.05, 0) is 56.4 Å². The van der Waals surface area contributed by atoms with Crippen LogP contribution >= 0.6 is 11.6 Å². The molecule has 5 nitrogen and oxygen atoms in total. The van der Waals surface area contributed by atoms with E-state index in [2.05, 4.69) is 20.3 Å². The van der Waals surface area contributed by atoms with Crippen molar-refractivity contribution in [2.75, 3.05) is 5.32 Å². The Morgan fingerprint density at radius 2 is 1.73 bits per heavy atom. The molecule has 1 saturated carbocycles. The Morgan fingerprint density at radius 3 is 2.45 bits per heavy atom. The number of aromatic nitrogens is 3. The first-order chi connectivity index (χ1) is 15.9. The lowest BCUT2D eigenvalue weighted by atomic mass is 10.0. The second kappa shape index (κ2) is 8.69. The molecule has 0 spiro atoms. The smallest absolute Gasteiger partial charge is 0.159 e. The number of anilines is 1. The minimum absolute atomic E-state index is 0.270. The average molecular weight is 463 g/mol. The molecule has 1 aliphatic carbocycles. The van der Waals surface area contributed by atoms with Crippen LogP contribution in [0.3, 0.4) is 0 Å². The number of benzene rings is 2. The number of nitrogens with one attached hydrogen (secondary N) is 1. The maximum atomic E-state index is 14.3. The second-order valence-corrected chi connectivity index (χ2v) is 9.04. The van der Waals surface area contributed by atoms with Gasteiger partial charge < -0.3 is 10.4 Å². The molecule has 0 aliphatic heterocycles. The van der Waals surface area contributed by atoms with Crippen molar-refractivity contribution in [3.8, 4) is 11.1 Å². The van der Waals surface area contributed by atoms with Gasteiger partial charge in [0.25, 0.3) is 0 Å². The van der Waals surface area contributed by atoms with Crippen LogP contribution in [0.1, 0.15) is 50.0 Å². The van der Waals surface area contributed by atoms with E-state index < -0.39 is 5.60 Å². The minimum Gasteiger partial charge on any atom is -0.382 e. The molecule has 168 valence electrons. The fraction of sp³-hybridized carbons (Fsp3) is 0.269. The third kappa shape index (κ3) is 4.16. The van der Waals surface area contributed by atoms with Crippen LogP contribution in [-0.4, -0.2) is 20.1 Å². The van der Waals surface area contributed by atoms with Crippen molar-refractivity contribution in [3.05, 3.63) is 83.3 Å². The van der Waals surface area contributed by atoms with Gasteiger partial charge in [-0.3, -0.25) is 4.98 Å². The van der Waals surface area contributed by atoms with Crippen LogP contribution in [0.2, 0.25) is 5.02 Å². The summed E-state index contributed by atoms with van der Waals surface area (Å²) in [5.74, 6) is 0.212. The maximum Gasteiger partial charge on any atom is 0.159 e. The van der Waals surface area contributed by atoms with E-state index in [9.17, 15) is 9.50 Å². The lowest BCUT2D eigenvalue weighted by molar-refractivity contribution is 0.0351. The van der Waals surface area contributed by atoms with Crippen molar-refractivity contribution >= 4 is 28.2 Å². The standard InChI is InChI=1S/C26H24ClFN4O/c1-16(19-6-2-3-7-22(19)28)32-24-20-12-17(8-9-23(20)29-15-21(24)27)18-13-30-25(31-14-18)26(33)10-4-5-11-26/h2-3,6-9,12-16,33H,4-5,10-11H2,1H3,(H,29,32). The normalized spacial score (nSPS) is 16.1. The molecule has 0 amide bonds. The molecule has 2 N–H and O–H groups in total. The van der Waals surface area contributed by atoms with Gasteiger partial charge in [0.1, 0.15) is 11.4 Å². The summed E-state index contributed by atoms with van der Waals surface area (Å²) in [5, 5.41) is 15.4.